The van der Waals surface area contributed by atoms with Gasteiger partial charge < -0.3 is 29.7 Å². The number of benzene rings is 2. The van der Waals surface area contributed by atoms with Gasteiger partial charge in [0.1, 0.15) is 5.75 Å². The highest BCUT2D eigenvalue weighted by molar-refractivity contribution is 5.95. The van der Waals surface area contributed by atoms with Crippen LogP contribution in [0.1, 0.15) is 39.9 Å². The Hall–Kier alpha value is -3.26. The first-order chi connectivity index (χ1) is 16.9. The van der Waals surface area contributed by atoms with Crippen LogP contribution < -0.4 is 19.9 Å². The van der Waals surface area contributed by atoms with E-state index in [-0.39, 0.29) is 11.8 Å². The van der Waals surface area contributed by atoms with E-state index in [1.165, 1.54) is 5.56 Å². The lowest BCUT2D eigenvalue weighted by atomic mass is 9.93. The molecule has 2 aliphatic heterocycles. The molecular weight excluding hydrogens is 446 g/mol. The molecule has 0 radical (unpaired) electrons. The monoisotopic (exact) mass is 481 g/mol. The van der Waals surface area contributed by atoms with Crippen molar-refractivity contribution in [1.82, 2.24) is 9.80 Å². The summed E-state index contributed by atoms with van der Waals surface area (Å²) in [6, 6.07) is 9.38. The van der Waals surface area contributed by atoms with Crippen LogP contribution in [0.5, 0.6) is 17.2 Å². The maximum atomic E-state index is 13.5. The van der Waals surface area contributed by atoms with E-state index in [0.29, 0.717) is 36.6 Å². The number of ether oxygens (including phenoxy) is 3. The number of nitrogens with two attached hydrogens (primary N) is 1. The standard InChI is InChI=1S/C27H35N3O5/c1-33-23-8-4-7-22(26(28)31)21(23)10-12-29-11-5-6-19(16-29)27(32)30-13-9-18-14-24(34-2)25(35-3)15-20(18)17-30/h4,7-8,14-15,19H,5-6,9-13,16-17H2,1-3H3,(H2,28,31). The van der Waals surface area contributed by atoms with Crippen molar-refractivity contribution in [2.75, 3.05) is 47.5 Å². The summed E-state index contributed by atoms with van der Waals surface area (Å²) in [5.41, 5.74) is 9.23. The molecule has 35 heavy (non-hydrogen) atoms. The summed E-state index contributed by atoms with van der Waals surface area (Å²) in [5, 5.41) is 0. The fourth-order valence-electron chi connectivity index (χ4n) is 5.31. The summed E-state index contributed by atoms with van der Waals surface area (Å²) in [6.07, 6.45) is 3.32. The van der Waals surface area contributed by atoms with Gasteiger partial charge in [0, 0.05) is 37.3 Å². The number of methoxy groups -OCH3 is 3. The van der Waals surface area contributed by atoms with Crippen LogP contribution in [0.15, 0.2) is 30.3 Å². The number of primary amides is 1. The summed E-state index contributed by atoms with van der Waals surface area (Å²) in [6.45, 7) is 3.69. The van der Waals surface area contributed by atoms with E-state index in [4.69, 9.17) is 19.9 Å². The Morgan fingerprint density at radius 3 is 2.40 bits per heavy atom. The molecule has 1 fully saturated rings. The minimum absolute atomic E-state index is 0.0290. The second-order valence-corrected chi connectivity index (χ2v) is 9.23. The predicted molar refractivity (Wildman–Crippen MR) is 133 cm³/mol. The summed E-state index contributed by atoms with van der Waals surface area (Å²) in [4.78, 5) is 29.7. The SMILES string of the molecule is COc1cc2c(cc1OC)CN(C(=O)C1CCCN(CCc3c(OC)cccc3C(N)=O)C1)CC2. The number of carbonyl (C=O) groups excluding carboxylic acids is 2. The molecule has 8 heteroatoms. The van der Waals surface area contributed by atoms with Crippen LogP contribution in [0.3, 0.4) is 0 Å². The third-order valence-corrected chi connectivity index (χ3v) is 7.18. The first kappa shape index (κ1) is 24.9. The average Bonchev–Trinajstić information content (AvgIpc) is 2.90. The lowest BCUT2D eigenvalue weighted by molar-refractivity contribution is -0.138. The van der Waals surface area contributed by atoms with Gasteiger partial charge in [0.2, 0.25) is 11.8 Å². The van der Waals surface area contributed by atoms with Gasteiger partial charge in [0.15, 0.2) is 11.5 Å². The van der Waals surface area contributed by atoms with Gasteiger partial charge in [-0.1, -0.05) is 6.07 Å². The molecule has 0 bridgehead atoms. The van der Waals surface area contributed by atoms with Gasteiger partial charge in [-0.25, -0.2) is 0 Å². The lowest BCUT2D eigenvalue weighted by Gasteiger charge is -2.37. The molecule has 1 atom stereocenters. The number of piperidine rings is 1. The van der Waals surface area contributed by atoms with E-state index in [1.54, 1.807) is 33.5 Å². The van der Waals surface area contributed by atoms with Crippen LogP contribution in [0.25, 0.3) is 0 Å². The third kappa shape index (κ3) is 5.37. The summed E-state index contributed by atoms with van der Waals surface area (Å²) < 4.78 is 16.4. The van der Waals surface area contributed by atoms with Crippen molar-refractivity contribution in [3.8, 4) is 17.2 Å². The Morgan fingerprint density at radius 2 is 1.71 bits per heavy atom. The molecule has 0 aliphatic carbocycles. The van der Waals surface area contributed by atoms with Crippen LogP contribution >= 0.6 is 0 Å². The molecule has 4 rings (SSSR count). The lowest BCUT2D eigenvalue weighted by Crippen LogP contribution is -2.46. The topological polar surface area (TPSA) is 94.3 Å². The minimum Gasteiger partial charge on any atom is -0.496 e. The summed E-state index contributed by atoms with van der Waals surface area (Å²) in [5.74, 6) is 1.82. The predicted octanol–water partition coefficient (Wildman–Crippen LogP) is 2.65. The zero-order chi connectivity index (χ0) is 24.9. The second kappa shape index (κ2) is 11.0. The van der Waals surface area contributed by atoms with Gasteiger partial charge in [-0.3, -0.25) is 9.59 Å². The van der Waals surface area contributed by atoms with Gasteiger partial charge in [-0.05, 0) is 67.6 Å². The summed E-state index contributed by atoms with van der Waals surface area (Å²) >= 11 is 0. The Bertz CT molecular complexity index is 1090. The largest absolute Gasteiger partial charge is 0.496 e. The second-order valence-electron chi connectivity index (χ2n) is 9.23. The van der Waals surface area contributed by atoms with E-state index in [1.807, 2.05) is 23.1 Å². The first-order valence-electron chi connectivity index (χ1n) is 12.2. The van der Waals surface area contributed by atoms with Crippen molar-refractivity contribution in [2.45, 2.75) is 32.2 Å². The maximum absolute atomic E-state index is 13.5. The molecule has 2 N–H and O–H groups in total. The molecule has 0 spiro atoms. The van der Waals surface area contributed by atoms with Crippen LogP contribution in [-0.2, 0) is 24.2 Å². The molecule has 188 valence electrons. The van der Waals surface area contributed by atoms with E-state index < -0.39 is 5.91 Å². The van der Waals surface area contributed by atoms with E-state index >= 15 is 0 Å². The van der Waals surface area contributed by atoms with E-state index in [9.17, 15) is 9.59 Å². The van der Waals surface area contributed by atoms with E-state index in [0.717, 1.165) is 55.8 Å². The van der Waals surface area contributed by atoms with Crippen molar-refractivity contribution < 1.29 is 23.8 Å². The average molecular weight is 482 g/mol. The Labute approximate surface area is 206 Å². The number of likely N-dealkylation sites (tertiary alicyclic amines) is 1. The molecule has 2 heterocycles. The highest BCUT2D eigenvalue weighted by Crippen LogP contribution is 2.34. The molecule has 8 nitrogen and oxygen atoms in total. The zero-order valence-electron chi connectivity index (χ0n) is 20.8. The molecule has 2 aliphatic rings. The maximum Gasteiger partial charge on any atom is 0.249 e. The van der Waals surface area contributed by atoms with Crippen LogP contribution in [0, 0.1) is 5.92 Å². The number of hydrogen-bond acceptors (Lipinski definition) is 6. The highest BCUT2D eigenvalue weighted by Gasteiger charge is 2.31. The van der Waals surface area contributed by atoms with E-state index in [2.05, 4.69) is 4.90 Å². The molecule has 1 unspecified atom stereocenters. The van der Waals surface area contributed by atoms with Crippen LogP contribution in [0.4, 0.5) is 0 Å². The first-order valence-corrected chi connectivity index (χ1v) is 12.2. The zero-order valence-corrected chi connectivity index (χ0v) is 20.8. The van der Waals surface area contributed by atoms with Crippen LogP contribution in [0.2, 0.25) is 0 Å². The van der Waals surface area contributed by atoms with Gasteiger partial charge >= 0.3 is 0 Å². The molecule has 2 aromatic rings. The minimum atomic E-state index is -0.453. The number of fused-ring (bicyclic) bond motifs is 1. The smallest absolute Gasteiger partial charge is 0.249 e. The highest BCUT2D eigenvalue weighted by atomic mass is 16.5. The van der Waals surface area contributed by atoms with Crippen molar-refractivity contribution in [3.05, 3.63) is 52.6 Å². The molecule has 2 amide bonds. The van der Waals surface area contributed by atoms with Gasteiger partial charge in [0.05, 0.1) is 27.2 Å². The summed E-state index contributed by atoms with van der Waals surface area (Å²) in [7, 11) is 4.87. The third-order valence-electron chi connectivity index (χ3n) is 7.18. The molecular formula is C27H35N3O5. The number of nitrogens with zero attached hydrogens (tertiary/aromatic N) is 2. The molecule has 0 aromatic heterocycles. The van der Waals surface area contributed by atoms with Crippen LogP contribution in [-0.4, -0.2) is 69.1 Å². The molecule has 2 aromatic carbocycles. The van der Waals surface area contributed by atoms with Crippen molar-refractivity contribution >= 4 is 11.8 Å². The number of amides is 2. The van der Waals surface area contributed by atoms with Crippen molar-refractivity contribution in [1.29, 1.82) is 0 Å². The molecule has 1 saturated heterocycles. The fraction of sp³-hybridized carbons (Fsp3) is 0.481. The normalized spacial score (nSPS) is 18.0. The van der Waals surface area contributed by atoms with Gasteiger partial charge in [0.25, 0.3) is 0 Å². The Kier molecular flexibility index (Phi) is 7.80. The van der Waals surface area contributed by atoms with Crippen molar-refractivity contribution in [2.24, 2.45) is 11.7 Å². The quantitative estimate of drug-likeness (QED) is 0.623. The van der Waals surface area contributed by atoms with Gasteiger partial charge in [-0.2, -0.15) is 0 Å². The number of carbonyl (C=O) groups is 2. The van der Waals surface area contributed by atoms with Gasteiger partial charge in [-0.15, -0.1) is 0 Å². The Balaban J connectivity index is 1.40. The fourth-order valence-corrected chi connectivity index (χ4v) is 5.31. The molecule has 0 saturated carbocycles. The number of hydrogen-bond donors (Lipinski definition) is 1. The Morgan fingerprint density at radius 1 is 1.00 bits per heavy atom. The number of rotatable bonds is 8. The van der Waals surface area contributed by atoms with Crippen molar-refractivity contribution in [3.63, 3.8) is 0 Å².